The van der Waals surface area contributed by atoms with Gasteiger partial charge in [0.05, 0.1) is 11.4 Å². The minimum Gasteiger partial charge on any atom is -0.325 e. The first-order valence-corrected chi connectivity index (χ1v) is 10.4. The summed E-state index contributed by atoms with van der Waals surface area (Å²) in [7, 11) is 0. The lowest BCUT2D eigenvalue weighted by molar-refractivity contribution is -0.124. The predicted molar refractivity (Wildman–Crippen MR) is 120 cm³/mol. The normalized spacial score (nSPS) is 11.4. The zero-order valence-corrected chi connectivity index (χ0v) is 17.8. The quantitative estimate of drug-likeness (QED) is 0.309. The number of rotatable bonds is 8. The van der Waals surface area contributed by atoms with Gasteiger partial charge >= 0.3 is 0 Å². The molecule has 1 heterocycles. The van der Waals surface area contributed by atoms with Crippen LogP contribution in [-0.4, -0.2) is 20.7 Å². The van der Waals surface area contributed by atoms with E-state index < -0.39 is 5.91 Å². The number of amides is 1. The molecule has 0 unspecified atom stereocenters. The van der Waals surface area contributed by atoms with Crippen molar-refractivity contribution in [3.05, 3.63) is 83.3 Å². The summed E-state index contributed by atoms with van der Waals surface area (Å²) in [5, 5.41) is 8.70. The molecule has 2 aromatic carbocycles. The van der Waals surface area contributed by atoms with E-state index in [1.54, 1.807) is 11.6 Å². The summed E-state index contributed by atoms with van der Waals surface area (Å²) in [6, 6.07) is 18.7. The van der Waals surface area contributed by atoms with Gasteiger partial charge in [0.15, 0.2) is 0 Å². The topological polar surface area (TPSA) is 67.2 Å². The predicted octanol–water partition coefficient (Wildman–Crippen LogP) is 5.19. The van der Waals surface area contributed by atoms with Crippen molar-refractivity contribution in [1.29, 1.82) is 0 Å². The van der Waals surface area contributed by atoms with Gasteiger partial charge in [-0.25, -0.2) is 10.5 Å². The van der Waals surface area contributed by atoms with Gasteiger partial charge < -0.3 is 4.57 Å². The van der Waals surface area contributed by atoms with Crippen LogP contribution in [0.4, 0.5) is 0 Å². The number of hydrogen-bond donors (Lipinski definition) is 2. The summed E-state index contributed by atoms with van der Waals surface area (Å²) < 4.78 is 2.33. The van der Waals surface area contributed by atoms with Crippen LogP contribution in [0.5, 0.6) is 0 Å². The molecular weight excluding hydrogens is 374 g/mol. The van der Waals surface area contributed by atoms with Gasteiger partial charge in [0.1, 0.15) is 5.82 Å². The van der Waals surface area contributed by atoms with E-state index in [0.717, 1.165) is 47.6 Å². The van der Waals surface area contributed by atoms with Crippen molar-refractivity contribution in [3.8, 4) is 11.3 Å². The lowest BCUT2D eigenvalue weighted by atomic mass is 10.0. The summed E-state index contributed by atoms with van der Waals surface area (Å²) in [5.74, 6) is 0.514. The molecule has 3 rings (SSSR count). The lowest BCUT2D eigenvalue weighted by Gasteiger charge is -2.17. The van der Waals surface area contributed by atoms with Crippen LogP contribution < -0.4 is 5.48 Å². The Morgan fingerprint density at radius 2 is 1.93 bits per heavy atom. The van der Waals surface area contributed by atoms with Crippen molar-refractivity contribution in [2.75, 3.05) is 0 Å². The minimum absolute atomic E-state index is 0.260. The van der Waals surface area contributed by atoms with Gasteiger partial charge in [-0.3, -0.25) is 10.0 Å². The summed E-state index contributed by atoms with van der Waals surface area (Å²) in [6.07, 6.45) is 5.71. The molecule has 30 heavy (non-hydrogen) atoms. The van der Waals surface area contributed by atoms with Crippen LogP contribution in [0.3, 0.4) is 0 Å². The van der Waals surface area contributed by atoms with Crippen LogP contribution in [-0.2, 0) is 17.6 Å². The van der Waals surface area contributed by atoms with Crippen molar-refractivity contribution in [1.82, 2.24) is 15.0 Å². The number of aryl methyl sites for hydroxylation is 1. The van der Waals surface area contributed by atoms with E-state index in [-0.39, 0.29) is 6.04 Å². The maximum Gasteiger partial charge on any atom is 0.267 e. The Bertz CT molecular complexity index is 1020. The van der Waals surface area contributed by atoms with Crippen LogP contribution in [0.2, 0.25) is 0 Å². The van der Waals surface area contributed by atoms with Crippen LogP contribution in [0, 0.1) is 0 Å². The molecule has 0 radical (unpaired) electrons. The molecule has 0 bridgehead atoms. The average molecular weight is 404 g/mol. The maximum atomic E-state index is 11.3. The fourth-order valence-corrected chi connectivity index (χ4v) is 3.71. The second-order valence-electron chi connectivity index (χ2n) is 7.63. The van der Waals surface area contributed by atoms with Crippen LogP contribution in [0.15, 0.2) is 60.7 Å². The monoisotopic (exact) mass is 403 g/mol. The smallest absolute Gasteiger partial charge is 0.267 e. The number of imidazole rings is 1. The molecule has 0 aliphatic heterocycles. The second-order valence-corrected chi connectivity index (χ2v) is 7.63. The van der Waals surface area contributed by atoms with Crippen molar-refractivity contribution >= 4 is 12.0 Å². The van der Waals surface area contributed by atoms with Gasteiger partial charge in [-0.15, -0.1) is 0 Å². The van der Waals surface area contributed by atoms with E-state index in [1.165, 1.54) is 11.6 Å². The fourth-order valence-electron chi connectivity index (χ4n) is 3.71. The molecule has 5 heteroatoms. The molecule has 0 saturated carbocycles. The van der Waals surface area contributed by atoms with Crippen LogP contribution in [0.25, 0.3) is 17.3 Å². The number of hydroxylamine groups is 1. The average Bonchev–Trinajstić information content (AvgIpc) is 3.11. The highest BCUT2D eigenvalue weighted by molar-refractivity contribution is 5.91. The Morgan fingerprint density at radius 1 is 1.17 bits per heavy atom. The van der Waals surface area contributed by atoms with Gasteiger partial charge in [0.25, 0.3) is 5.91 Å². The Morgan fingerprint density at radius 3 is 2.60 bits per heavy atom. The first kappa shape index (κ1) is 21.5. The van der Waals surface area contributed by atoms with Crippen LogP contribution >= 0.6 is 0 Å². The molecule has 0 aliphatic carbocycles. The molecule has 3 aromatic rings. The highest BCUT2D eigenvalue weighted by Gasteiger charge is 2.20. The van der Waals surface area contributed by atoms with Gasteiger partial charge in [0, 0.05) is 24.1 Å². The number of carbonyl (C=O) groups is 1. The van der Waals surface area contributed by atoms with Crippen molar-refractivity contribution in [3.63, 3.8) is 0 Å². The first-order chi connectivity index (χ1) is 14.5. The van der Waals surface area contributed by atoms with E-state index >= 15 is 0 Å². The van der Waals surface area contributed by atoms with E-state index in [9.17, 15) is 4.79 Å². The van der Waals surface area contributed by atoms with Crippen molar-refractivity contribution in [2.45, 2.75) is 46.1 Å². The summed E-state index contributed by atoms with van der Waals surface area (Å²) >= 11 is 0. The first-order valence-electron chi connectivity index (χ1n) is 10.4. The summed E-state index contributed by atoms with van der Waals surface area (Å²) in [4.78, 5) is 16.4. The minimum atomic E-state index is -0.551. The zero-order chi connectivity index (χ0) is 21.5. The SMILES string of the molecule is CCCc1nc(Cc2ccccc2)n(C(C)C)c1-c1cccc(/C=C/C(=O)NO)c1. The standard InChI is InChI=1S/C25H29N3O2/c1-4-9-22-25(21-13-8-12-20(16-21)14-15-24(29)27-30)28(18(2)3)23(26-22)17-19-10-6-5-7-11-19/h5-8,10-16,18,30H,4,9,17H2,1-3H3,(H,27,29)/b15-14+. The van der Waals surface area contributed by atoms with E-state index in [0.29, 0.717) is 0 Å². The molecule has 0 aliphatic rings. The maximum absolute atomic E-state index is 11.3. The van der Waals surface area contributed by atoms with E-state index in [2.05, 4.69) is 61.7 Å². The molecule has 0 fully saturated rings. The Hall–Kier alpha value is -3.18. The summed E-state index contributed by atoms with van der Waals surface area (Å²) in [6.45, 7) is 6.54. The molecule has 156 valence electrons. The molecule has 0 saturated heterocycles. The number of nitrogens with one attached hydrogen (secondary N) is 1. The number of aromatic nitrogens is 2. The summed E-state index contributed by atoms with van der Waals surface area (Å²) in [5.41, 5.74) is 7.06. The van der Waals surface area contributed by atoms with Crippen molar-refractivity contribution in [2.24, 2.45) is 0 Å². The third-order valence-corrected chi connectivity index (χ3v) is 4.96. The molecule has 2 N–H and O–H groups in total. The highest BCUT2D eigenvalue weighted by atomic mass is 16.5. The van der Waals surface area contributed by atoms with Crippen LogP contribution in [0.1, 0.15) is 55.9 Å². The molecule has 0 spiro atoms. The fraction of sp³-hybridized carbons (Fsp3) is 0.280. The molecular formula is C25H29N3O2. The Kier molecular flexibility index (Phi) is 7.20. The number of carbonyl (C=O) groups excluding carboxylic acids is 1. The van der Waals surface area contributed by atoms with Crippen molar-refractivity contribution < 1.29 is 10.0 Å². The van der Waals surface area contributed by atoms with Gasteiger partial charge in [-0.05, 0) is 43.5 Å². The number of hydrogen-bond acceptors (Lipinski definition) is 3. The Balaban J connectivity index is 2.09. The highest BCUT2D eigenvalue weighted by Crippen LogP contribution is 2.31. The lowest BCUT2D eigenvalue weighted by Crippen LogP contribution is -2.14. The number of nitrogens with zero attached hydrogens (tertiary/aromatic N) is 2. The van der Waals surface area contributed by atoms with Gasteiger partial charge in [0.2, 0.25) is 0 Å². The molecule has 1 amide bonds. The molecule has 0 atom stereocenters. The Labute approximate surface area is 178 Å². The van der Waals surface area contributed by atoms with Gasteiger partial charge in [-0.2, -0.15) is 0 Å². The third-order valence-electron chi connectivity index (χ3n) is 4.96. The molecule has 5 nitrogen and oxygen atoms in total. The van der Waals surface area contributed by atoms with E-state index in [4.69, 9.17) is 10.2 Å². The number of benzene rings is 2. The second kappa shape index (κ2) is 10.0. The van der Waals surface area contributed by atoms with E-state index in [1.807, 2.05) is 18.2 Å². The molecule has 1 aromatic heterocycles. The van der Waals surface area contributed by atoms with Gasteiger partial charge in [-0.1, -0.05) is 61.9 Å². The zero-order valence-electron chi connectivity index (χ0n) is 17.8. The third kappa shape index (κ3) is 5.05. The largest absolute Gasteiger partial charge is 0.325 e.